The van der Waals surface area contributed by atoms with E-state index in [1.165, 1.54) is 6.07 Å². The Morgan fingerprint density at radius 2 is 2.00 bits per heavy atom. The van der Waals surface area contributed by atoms with E-state index in [1.54, 1.807) is 0 Å². The van der Waals surface area contributed by atoms with Crippen LogP contribution >= 0.6 is 11.6 Å². The Hall–Kier alpha value is -0.940. The lowest BCUT2D eigenvalue weighted by Crippen LogP contribution is -2.26. The summed E-state index contributed by atoms with van der Waals surface area (Å²) in [6, 6.07) is 1.20. The van der Waals surface area contributed by atoms with E-state index in [9.17, 15) is 16.8 Å². The molecule has 0 aliphatic carbocycles. The monoisotopic (exact) mass is 342 g/mol. The average molecular weight is 343 g/mol. The molecule has 0 bridgehead atoms. The van der Waals surface area contributed by atoms with Gasteiger partial charge in [-0.2, -0.15) is 0 Å². The van der Waals surface area contributed by atoms with Crippen molar-refractivity contribution in [2.45, 2.75) is 11.3 Å². The van der Waals surface area contributed by atoms with Gasteiger partial charge in [0.2, 0.25) is 10.0 Å². The van der Waals surface area contributed by atoms with Crippen LogP contribution in [0.3, 0.4) is 0 Å². The number of hydrogen-bond acceptors (Lipinski definition) is 7. The van der Waals surface area contributed by atoms with Crippen molar-refractivity contribution in [2.24, 2.45) is 5.84 Å². The van der Waals surface area contributed by atoms with Gasteiger partial charge in [-0.05, 0) is 12.5 Å². The molecule has 1 aromatic rings. The number of sulfonamides is 1. The maximum Gasteiger partial charge on any atom is 0.242 e. The van der Waals surface area contributed by atoms with Gasteiger partial charge in [0.15, 0.2) is 5.82 Å². The molecule has 11 heteroatoms. The molecule has 0 saturated heterocycles. The first-order chi connectivity index (χ1) is 9.15. The van der Waals surface area contributed by atoms with E-state index < -0.39 is 19.9 Å². The highest BCUT2D eigenvalue weighted by atomic mass is 35.5. The maximum atomic E-state index is 11.9. The lowest BCUT2D eigenvalue weighted by Gasteiger charge is -2.08. The molecule has 0 saturated carbocycles. The highest BCUT2D eigenvalue weighted by molar-refractivity contribution is 7.90. The van der Waals surface area contributed by atoms with Crippen LogP contribution in [0.15, 0.2) is 17.2 Å². The number of hydrazine groups is 1. The predicted octanol–water partition coefficient (Wildman–Crippen LogP) is -0.266. The average Bonchev–Trinajstić information content (AvgIpc) is 2.33. The third kappa shape index (κ3) is 5.21. The van der Waals surface area contributed by atoms with E-state index in [4.69, 9.17) is 17.4 Å². The molecule has 1 aromatic heterocycles. The Balaban J connectivity index is 2.72. The number of halogens is 1. The number of sulfone groups is 1. The van der Waals surface area contributed by atoms with E-state index in [0.29, 0.717) is 0 Å². The van der Waals surface area contributed by atoms with E-state index in [1.807, 2.05) is 0 Å². The summed E-state index contributed by atoms with van der Waals surface area (Å²) in [7, 11) is -6.90. The van der Waals surface area contributed by atoms with Crippen LogP contribution in [-0.2, 0) is 19.9 Å². The van der Waals surface area contributed by atoms with Gasteiger partial charge in [0.05, 0.1) is 10.8 Å². The summed E-state index contributed by atoms with van der Waals surface area (Å²) >= 11 is 5.78. The van der Waals surface area contributed by atoms with Crippen molar-refractivity contribution in [1.29, 1.82) is 0 Å². The molecule has 0 aliphatic rings. The molecule has 1 heterocycles. The Morgan fingerprint density at radius 1 is 1.35 bits per heavy atom. The molecule has 0 atom stereocenters. The molecule has 0 amide bonds. The largest absolute Gasteiger partial charge is 0.307 e. The topological polar surface area (TPSA) is 131 Å². The third-order valence-corrected chi connectivity index (χ3v) is 4.99. The van der Waals surface area contributed by atoms with Gasteiger partial charge in [-0.15, -0.1) is 0 Å². The first kappa shape index (κ1) is 17.1. The zero-order valence-corrected chi connectivity index (χ0v) is 13.0. The Bertz CT molecular complexity index is 675. The molecule has 8 nitrogen and oxygen atoms in total. The molecule has 1 rings (SSSR count). The van der Waals surface area contributed by atoms with Crippen molar-refractivity contribution in [3.8, 4) is 0 Å². The van der Waals surface area contributed by atoms with Crippen molar-refractivity contribution in [3.63, 3.8) is 0 Å². The van der Waals surface area contributed by atoms with Gasteiger partial charge in [0.1, 0.15) is 14.7 Å². The number of anilines is 1. The first-order valence-corrected chi connectivity index (χ1v) is 9.37. The van der Waals surface area contributed by atoms with Crippen LogP contribution in [0.2, 0.25) is 5.02 Å². The fourth-order valence-electron chi connectivity index (χ4n) is 1.30. The number of aromatic nitrogens is 1. The summed E-state index contributed by atoms with van der Waals surface area (Å²) < 4.78 is 47.9. The minimum Gasteiger partial charge on any atom is -0.307 e. The molecule has 0 aromatic carbocycles. The fourth-order valence-corrected chi connectivity index (χ4v) is 3.30. The van der Waals surface area contributed by atoms with Crippen LogP contribution in [0.1, 0.15) is 6.42 Å². The van der Waals surface area contributed by atoms with Crippen molar-refractivity contribution in [3.05, 3.63) is 17.3 Å². The van der Waals surface area contributed by atoms with Gasteiger partial charge in [0, 0.05) is 19.0 Å². The van der Waals surface area contributed by atoms with Gasteiger partial charge in [0.25, 0.3) is 0 Å². The van der Waals surface area contributed by atoms with Crippen LogP contribution in [-0.4, -0.2) is 40.4 Å². The smallest absolute Gasteiger partial charge is 0.242 e. The number of nitrogens with zero attached hydrogens (tertiary/aromatic N) is 1. The van der Waals surface area contributed by atoms with Crippen molar-refractivity contribution < 1.29 is 16.8 Å². The number of nitrogens with one attached hydrogen (secondary N) is 2. The summed E-state index contributed by atoms with van der Waals surface area (Å²) in [5.74, 6) is 5.19. The van der Waals surface area contributed by atoms with Crippen LogP contribution in [0.4, 0.5) is 5.82 Å². The highest BCUT2D eigenvalue weighted by Crippen LogP contribution is 2.21. The van der Waals surface area contributed by atoms with Gasteiger partial charge < -0.3 is 5.43 Å². The van der Waals surface area contributed by atoms with E-state index in [-0.39, 0.29) is 34.5 Å². The van der Waals surface area contributed by atoms with Crippen LogP contribution < -0.4 is 16.0 Å². The van der Waals surface area contributed by atoms with E-state index in [2.05, 4.69) is 15.1 Å². The van der Waals surface area contributed by atoms with Gasteiger partial charge in [-0.3, -0.25) is 0 Å². The van der Waals surface area contributed by atoms with Gasteiger partial charge in [-0.1, -0.05) is 11.6 Å². The van der Waals surface area contributed by atoms with Crippen LogP contribution in [0.5, 0.6) is 0 Å². The molecular formula is C9H15ClN4O4S2. The zero-order chi connectivity index (χ0) is 15.4. The fraction of sp³-hybridized carbons (Fsp3) is 0.444. The minimum absolute atomic E-state index is 0.00388. The number of rotatable bonds is 7. The van der Waals surface area contributed by atoms with Crippen LogP contribution in [0.25, 0.3) is 0 Å². The molecule has 20 heavy (non-hydrogen) atoms. The minimum atomic E-state index is -3.79. The van der Waals surface area contributed by atoms with Crippen molar-refractivity contribution >= 4 is 37.3 Å². The Morgan fingerprint density at radius 3 is 2.50 bits per heavy atom. The first-order valence-electron chi connectivity index (χ1n) is 5.45. The Kier molecular flexibility index (Phi) is 5.71. The summed E-state index contributed by atoms with van der Waals surface area (Å²) in [6.07, 6.45) is 2.37. The van der Waals surface area contributed by atoms with Crippen LogP contribution in [0, 0.1) is 0 Å². The molecule has 114 valence electrons. The van der Waals surface area contributed by atoms with Gasteiger partial charge >= 0.3 is 0 Å². The van der Waals surface area contributed by atoms with E-state index >= 15 is 0 Å². The molecule has 0 aliphatic heterocycles. The summed E-state index contributed by atoms with van der Waals surface area (Å²) in [4.78, 5) is 3.62. The molecule has 0 unspecified atom stereocenters. The number of pyridine rings is 1. The second kappa shape index (κ2) is 6.68. The van der Waals surface area contributed by atoms with Crippen molar-refractivity contribution in [2.75, 3.05) is 24.0 Å². The second-order valence-corrected chi connectivity index (χ2v) is 8.46. The highest BCUT2D eigenvalue weighted by Gasteiger charge is 2.16. The number of hydrogen-bond donors (Lipinski definition) is 3. The standard InChI is InChI=1S/C9H15ClN4O4S2/c1-19(15,16)4-2-3-13-20(17,18)7-5-8(10)9(14-11)12-6-7/h5-6,13H,2-4,11H2,1H3,(H,12,14). The van der Waals surface area contributed by atoms with Crippen molar-refractivity contribution in [1.82, 2.24) is 9.71 Å². The molecule has 0 spiro atoms. The molecule has 0 radical (unpaired) electrons. The molecule has 4 N–H and O–H groups in total. The maximum absolute atomic E-state index is 11.9. The summed E-state index contributed by atoms with van der Waals surface area (Å²) in [5.41, 5.74) is 2.22. The quantitative estimate of drug-likeness (QED) is 0.353. The number of nitrogens with two attached hydrogens (primary N) is 1. The zero-order valence-electron chi connectivity index (χ0n) is 10.6. The molecular weight excluding hydrogens is 328 g/mol. The second-order valence-electron chi connectivity index (χ2n) is 4.03. The predicted molar refractivity (Wildman–Crippen MR) is 76.6 cm³/mol. The van der Waals surface area contributed by atoms with E-state index in [0.717, 1.165) is 12.5 Å². The normalized spacial score (nSPS) is 12.3. The lowest BCUT2D eigenvalue weighted by molar-refractivity contribution is 0.577. The summed E-state index contributed by atoms with van der Waals surface area (Å²) in [6.45, 7) is 0.00388. The molecule has 0 fully saturated rings. The SMILES string of the molecule is CS(=O)(=O)CCCNS(=O)(=O)c1cnc(NN)c(Cl)c1. The van der Waals surface area contributed by atoms with Gasteiger partial charge in [-0.25, -0.2) is 32.4 Å². The summed E-state index contributed by atoms with van der Waals surface area (Å²) in [5, 5.41) is 0.0616. The third-order valence-electron chi connectivity index (χ3n) is 2.25. The lowest BCUT2D eigenvalue weighted by atomic mass is 10.5. The Labute approximate surface area is 122 Å². The number of nitrogen functional groups attached to an aromatic ring is 1.